The normalized spacial score (nSPS) is 20.1. The summed E-state index contributed by atoms with van der Waals surface area (Å²) in [5.41, 5.74) is 1.42. The van der Waals surface area contributed by atoms with Crippen molar-refractivity contribution < 1.29 is 0 Å². The maximum atomic E-state index is 4.67. The van der Waals surface area contributed by atoms with Crippen LogP contribution in [0, 0.1) is 0 Å². The topological polar surface area (TPSA) is 36.4 Å². The average Bonchev–Trinajstić information content (AvgIpc) is 3.08. The van der Waals surface area contributed by atoms with Crippen LogP contribution in [0.4, 0.5) is 0 Å². The van der Waals surface area contributed by atoms with Crippen molar-refractivity contribution in [3.8, 4) is 0 Å². The van der Waals surface area contributed by atoms with E-state index in [4.69, 9.17) is 0 Å². The summed E-state index contributed by atoms with van der Waals surface area (Å²) in [5.74, 6) is 1.55. The predicted molar refractivity (Wildman–Crippen MR) is 105 cm³/mol. The second-order valence-corrected chi connectivity index (χ2v) is 6.31. The lowest BCUT2D eigenvalue weighted by atomic mass is 10.1. The van der Waals surface area contributed by atoms with Gasteiger partial charge in [0.15, 0.2) is 5.96 Å². The highest BCUT2D eigenvalue weighted by Crippen LogP contribution is 2.40. The van der Waals surface area contributed by atoms with E-state index in [1.807, 2.05) is 0 Å². The number of benzene rings is 1. The highest BCUT2D eigenvalue weighted by atomic mass is 127. The molecule has 1 aromatic carbocycles. The molecular weight excluding hydrogens is 405 g/mol. The first-order valence-electron chi connectivity index (χ1n) is 7.49. The van der Waals surface area contributed by atoms with Crippen LogP contribution >= 0.6 is 35.3 Å². The second-order valence-electron chi connectivity index (χ2n) is 5.28. The number of guanidine groups is 1. The fraction of sp³-hybridized carbons (Fsp3) is 0.353. The van der Waals surface area contributed by atoms with Crippen molar-refractivity contribution in [1.82, 2.24) is 10.6 Å². The molecule has 3 rings (SSSR count). The van der Waals surface area contributed by atoms with Gasteiger partial charge in [0.1, 0.15) is 0 Å². The van der Waals surface area contributed by atoms with E-state index in [9.17, 15) is 0 Å². The van der Waals surface area contributed by atoms with Gasteiger partial charge in [-0.2, -0.15) is 0 Å². The molecule has 0 bridgehead atoms. The molecule has 0 spiro atoms. The molecule has 5 heteroatoms. The van der Waals surface area contributed by atoms with E-state index in [2.05, 4.69) is 70.4 Å². The third-order valence-electron chi connectivity index (χ3n) is 3.66. The Hall–Kier alpha value is -1.08. The fourth-order valence-electron chi connectivity index (χ4n) is 2.48. The number of hydrogen-bond donors (Lipinski definition) is 2. The number of nitrogens with zero attached hydrogens (tertiary/aromatic N) is 1. The van der Waals surface area contributed by atoms with Crippen LogP contribution in [0.2, 0.25) is 0 Å². The summed E-state index contributed by atoms with van der Waals surface area (Å²) in [6, 6.07) is 15.4. The van der Waals surface area contributed by atoms with Gasteiger partial charge in [-0.1, -0.05) is 36.4 Å². The zero-order valence-electron chi connectivity index (χ0n) is 12.7. The zero-order valence-corrected chi connectivity index (χ0v) is 15.8. The zero-order chi connectivity index (χ0) is 14.5. The summed E-state index contributed by atoms with van der Waals surface area (Å²) in [4.78, 5) is 5.96. The molecule has 2 unspecified atom stereocenters. The first-order valence-corrected chi connectivity index (χ1v) is 8.37. The minimum atomic E-state index is 0. The SMILES string of the molecule is CCNC(=NCc1cccs1)NC1CC1c1ccccc1.I. The molecule has 0 radical (unpaired) electrons. The molecule has 1 heterocycles. The molecule has 0 aliphatic heterocycles. The monoisotopic (exact) mass is 427 g/mol. The third-order valence-corrected chi connectivity index (χ3v) is 4.52. The van der Waals surface area contributed by atoms with Gasteiger partial charge in [0.25, 0.3) is 0 Å². The summed E-state index contributed by atoms with van der Waals surface area (Å²) in [6.07, 6.45) is 1.19. The quantitative estimate of drug-likeness (QED) is 0.430. The van der Waals surface area contributed by atoms with Gasteiger partial charge in [-0.3, -0.25) is 0 Å². The Bertz CT molecular complexity index is 583. The second kappa shape index (κ2) is 8.53. The summed E-state index contributed by atoms with van der Waals surface area (Å²) in [6.45, 7) is 3.73. The van der Waals surface area contributed by atoms with Crippen LogP contribution < -0.4 is 10.6 Å². The van der Waals surface area contributed by atoms with Gasteiger partial charge >= 0.3 is 0 Å². The lowest BCUT2D eigenvalue weighted by Gasteiger charge is -2.11. The molecule has 3 nitrogen and oxygen atoms in total. The van der Waals surface area contributed by atoms with Crippen LogP contribution in [0.25, 0.3) is 0 Å². The molecule has 2 N–H and O–H groups in total. The highest BCUT2D eigenvalue weighted by molar-refractivity contribution is 14.0. The van der Waals surface area contributed by atoms with Gasteiger partial charge in [-0.25, -0.2) is 4.99 Å². The number of hydrogen-bond acceptors (Lipinski definition) is 2. The van der Waals surface area contributed by atoms with E-state index in [0.717, 1.165) is 19.0 Å². The van der Waals surface area contributed by atoms with Gasteiger partial charge < -0.3 is 10.6 Å². The van der Waals surface area contributed by atoms with Crippen molar-refractivity contribution in [2.45, 2.75) is 31.8 Å². The van der Waals surface area contributed by atoms with Crippen molar-refractivity contribution in [2.24, 2.45) is 4.99 Å². The molecule has 1 fully saturated rings. The Morgan fingerprint density at radius 2 is 2.05 bits per heavy atom. The van der Waals surface area contributed by atoms with E-state index in [-0.39, 0.29) is 24.0 Å². The van der Waals surface area contributed by atoms with Crippen molar-refractivity contribution in [1.29, 1.82) is 0 Å². The van der Waals surface area contributed by atoms with Crippen LogP contribution in [-0.2, 0) is 6.54 Å². The van der Waals surface area contributed by atoms with E-state index >= 15 is 0 Å². The lowest BCUT2D eigenvalue weighted by molar-refractivity contribution is 0.796. The van der Waals surface area contributed by atoms with Gasteiger partial charge in [0.2, 0.25) is 0 Å². The van der Waals surface area contributed by atoms with Crippen molar-refractivity contribution >= 4 is 41.3 Å². The largest absolute Gasteiger partial charge is 0.357 e. The molecule has 2 atom stereocenters. The van der Waals surface area contributed by atoms with Crippen LogP contribution in [0.5, 0.6) is 0 Å². The van der Waals surface area contributed by atoms with Gasteiger partial charge in [-0.15, -0.1) is 35.3 Å². The smallest absolute Gasteiger partial charge is 0.191 e. The minimum Gasteiger partial charge on any atom is -0.357 e. The minimum absolute atomic E-state index is 0. The highest BCUT2D eigenvalue weighted by Gasteiger charge is 2.38. The molecule has 2 aromatic rings. The molecular formula is C17H22IN3S. The first kappa shape index (κ1) is 17.3. The van der Waals surface area contributed by atoms with Crippen LogP contribution in [0.3, 0.4) is 0 Å². The molecule has 1 saturated carbocycles. The molecule has 1 aliphatic rings. The van der Waals surface area contributed by atoms with E-state index in [1.165, 1.54) is 16.9 Å². The van der Waals surface area contributed by atoms with Gasteiger partial charge in [-0.05, 0) is 30.4 Å². The Morgan fingerprint density at radius 1 is 1.23 bits per heavy atom. The molecule has 0 saturated heterocycles. The maximum absolute atomic E-state index is 4.67. The molecule has 1 aromatic heterocycles. The Balaban J connectivity index is 0.00000176. The Labute approximate surface area is 153 Å². The maximum Gasteiger partial charge on any atom is 0.191 e. The van der Waals surface area contributed by atoms with Crippen LogP contribution in [0.1, 0.15) is 29.7 Å². The van der Waals surface area contributed by atoms with Crippen LogP contribution in [-0.4, -0.2) is 18.5 Å². The van der Waals surface area contributed by atoms with E-state index in [1.54, 1.807) is 11.3 Å². The number of halogens is 1. The first-order chi connectivity index (χ1) is 10.4. The van der Waals surface area contributed by atoms with E-state index in [0.29, 0.717) is 12.0 Å². The van der Waals surface area contributed by atoms with Gasteiger partial charge in [0, 0.05) is 23.4 Å². The van der Waals surface area contributed by atoms with Crippen molar-refractivity contribution in [3.05, 3.63) is 58.3 Å². The summed E-state index contributed by atoms with van der Waals surface area (Å²) < 4.78 is 0. The number of nitrogens with one attached hydrogen (secondary N) is 2. The predicted octanol–water partition coefficient (Wildman–Crippen LogP) is 3.98. The molecule has 22 heavy (non-hydrogen) atoms. The number of thiophene rings is 1. The summed E-state index contributed by atoms with van der Waals surface area (Å²) in [7, 11) is 0. The van der Waals surface area contributed by atoms with E-state index < -0.39 is 0 Å². The number of rotatable bonds is 5. The van der Waals surface area contributed by atoms with Crippen molar-refractivity contribution in [2.75, 3.05) is 6.54 Å². The third kappa shape index (κ3) is 4.71. The summed E-state index contributed by atoms with van der Waals surface area (Å²) >= 11 is 1.75. The Kier molecular flexibility index (Phi) is 6.70. The average molecular weight is 427 g/mol. The molecule has 0 amide bonds. The van der Waals surface area contributed by atoms with Crippen LogP contribution in [0.15, 0.2) is 52.8 Å². The van der Waals surface area contributed by atoms with Crippen molar-refractivity contribution in [3.63, 3.8) is 0 Å². The summed E-state index contributed by atoms with van der Waals surface area (Å²) in [5, 5.41) is 8.97. The Morgan fingerprint density at radius 3 is 2.73 bits per heavy atom. The number of aliphatic imine (C=N–C) groups is 1. The lowest BCUT2D eigenvalue weighted by Crippen LogP contribution is -2.39. The standard InChI is InChI=1S/C17H21N3S.HI/c1-2-18-17(19-12-14-9-6-10-21-14)20-16-11-15(16)13-7-4-3-5-8-13;/h3-10,15-16H,2,11-12H2,1H3,(H2,18,19,20);1H. The fourth-order valence-corrected chi connectivity index (χ4v) is 3.11. The molecule has 1 aliphatic carbocycles. The molecule has 118 valence electrons. The van der Waals surface area contributed by atoms with Gasteiger partial charge in [0.05, 0.1) is 6.54 Å².